The molecule has 0 spiro atoms. The van der Waals surface area contributed by atoms with Crippen LogP contribution in [-0.4, -0.2) is 42.9 Å². The van der Waals surface area contributed by atoms with Gasteiger partial charge in [0.25, 0.3) is 11.8 Å². The molecule has 1 aliphatic heterocycles. The number of furan rings is 1. The summed E-state index contributed by atoms with van der Waals surface area (Å²) in [6.45, 7) is 6.80. The van der Waals surface area contributed by atoms with E-state index >= 15 is 0 Å². The van der Waals surface area contributed by atoms with Crippen LogP contribution in [0.1, 0.15) is 27.2 Å². The van der Waals surface area contributed by atoms with Crippen LogP contribution in [0.3, 0.4) is 0 Å². The number of carbonyl (C=O) groups excluding carboxylic acids is 2. The van der Waals surface area contributed by atoms with Crippen LogP contribution in [0.2, 0.25) is 0 Å². The predicted octanol–water partition coefficient (Wildman–Crippen LogP) is 4.02. The van der Waals surface area contributed by atoms with Crippen molar-refractivity contribution in [1.82, 2.24) is 10.2 Å². The van der Waals surface area contributed by atoms with Crippen LogP contribution in [0, 0.1) is 13.8 Å². The third-order valence-corrected chi connectivity index (χ3v) is 5.62. The molecule has 1 fully saturated rings. The van der Waals surface area contributed by atoms with Gasteiger partial charge in [0, 0.05) is 43.5 Å². The maximum atomic E-state index is 13.3. The van der Waals surface area contributed by atoms with E-state index in [1.54, 1.807) is 47.4 Å². The van der Waals surface area contributed by atoms with Crippen molar-refractivity contribution in [3.05, 3.63) is 95.1 Å². The molecule has 0 unspecified atom stereocenters. The van der Waals surface area contributed by atoms with E-state index in [2.05, 4.69) is 42.3 Å². The molecule has 0 bridgehead atoms. The number of hydrogen-bond donors (Lipinski definition) is 1. The van der Waals surface area contributed by atoms with Gasteiger partial charge in [-0.05, 0) is 55.3 Å². The van der Waals surface area contributed by atoms with Gasteiger partial charge in [0.2, 0.25) is 0 Å². The summed E-state index contributed by atoms with van der Waals surface area (Å²) >= 11 is 0. The minimum Gasteiger partial charge on any atom is -0.465 e. The maximum Gasteiger partial charge on any atom is 0.270 e. The van der Waals surface area contributed by atoms with Gasteiger partial charge in [-0.1, -0.05) is 30.3 Å². The SMILES string of the molecule is Cc1ccc(C)c(N2CCN(C(=O)/C(=C/c3ccco3)NC(=O)c3ccccc3)CC2)c1. The van der Waals surface area contributed by atoms with E-state index in [0.717, 1.165) is 13.1 Å². The molecule has 2 heterocycles. The van der Waals surface area contributed by atoms with Crippen molar-refractivity contribution in [1.29, 1.82) is 0 Å². The highest BCUT2D eigenvalue weighted by atomic mass is 16.3. The second kappa shape index (κ2) is 9.56. The predicted molar refractivity (Wildman–Crippen MR) is 125 cm³/mol. The molecule has 0 atom stereocenters. The van der Waals surface area contributed by atoms with Crippen molar-refractivity contribution in [2.75, 3.05) is 31.1 Å². The van der Waals surface area contributed by atoms with E-state index in [0.29, 0.717) is 24.4 Å². The summed E-state index contributed by atoms with van der Waals surface area (Å²) in [7, 11) is 0. The number of piperazine rings is 1. The minimum absolute atomic E-state index is 0.203. The lowest BCUT2D eigenvalue weighted by atomic mass is 10.1. The Morgan fingerprint density at radius 2 is 1.69 bits per heavy atom. The lowest BCUT2D eigenvalue weighted by Gasteiger charge is -2.37. The highest BCUT2D eigenvalue weighted by molar-refractivity contribution is 6.05. The Hall–Kier alpha value is -3.80. The largest absolute Gasteiger partial charge is 0.465 e. The first-order valence-electron chi connectivity index (χ1n) is 10.7. The summed E-state index contributed by atoms with van der Waals surface area (Å²) in [6, 6.07) is 18.8. The molecule has 32 heavy (non-hydrogen) atoms. The number of rotatable bonds is 5. The average molecular weight is 430 g/mol. The number of nitrogens with zero attached hydrogens (tertiary/aromatic N) is 2. The summed E-state index contributed by atoms with van der Waals surface area (Å²) in [5, 5.41) is 2.79. The summed E-state index contributed by atoms with van der Waals surface area (Å²) in [4.78, 5) is 30.1. The van der Waals surface area contributed by atoms with Gasteiger partial charge in [-0.15, -0.1) is 0 Å². The molecule has 1 N–H and O–H groups in total. The zero-order chi connectivity index (χ0) is 22.5. The smallest absolute Gasteiger partial charge is 0.270 e. The number of aryl methyl sites for hydroxylation is 2. The summed E-state index contributed by atoms with van der Waals surface area (Å²) in [5.74, 6) is -0.0344. The fourth-order valence-corrected chi connectivity index (χ4v) is 3.83. The molecule has 0 radical (unpaired) electrons. The van der Waals surface area contributed by atoms with E-state index in [1.807, 2.05) is 6.07 Å². The fourth-order valence-electron chi connectivity index (χ4n) is 3.83. The van der Waals surface area contributed by atoms with Crippen LogP contribution in [0.5, 0.6) is 0 Å². The van der Waals surface area contributed by atoms with Crippen molar-refractivity contribution in [3.63, 3.8) is 0 Å². The normalized spacial score (nSPS) is 14.4. The molecule has 2 aromatic carbocycles. The first-order chi connectivity index (χ1) is 15.5. The van der Waals surface area contributed by atoms with Crippen LogP contribution in [0.25, 0.3) is 6.08 Å². The quantitative estimate of drug-likeness (QED) is 0.623. The molecule has 2 amide bonds. The number of benzene rings is 2. The third kappa shape index (κ3) is 4.91. The van der Waals surface area contributed by atoms with Crippen molar-refractivity contribution in [2.24, 2.45) is 0 Å². The summed E-state index contributed by atoms with van der Waals surface area (Å²) in [5.41, 5.74) is 4.35. The summed E-state index contributed by atoms with van der Waals surface area (Å²) in [6.07, 6.45) is 3.12. The van der Waals surface area contributed by atoms with E-state index in [4.69, 9.17) is 4.42 Å². The second-order valence-corrected chi connectivity index (χ2v) is 7.96. The molecular weight excluding hydrogens is 402 g/mol. The highest BCUT2D eigenvalue weighted by Crippen LogP contribution is 2.23. The molecule has 1 saturated heterocycles. The van der Waals surface area contributed by atoms with Gasteiger partial charge in [0.15, 0.2) is 0 Å². The number of anilines is 1. The van der Waals surface area contributed by atoms with Crippen LogP contribution in [-0.2, 0) is 4.79 Å². The molecular formula is C26H27N3O3. The van der Waals surface area contributed by atoms with Gasteiger partial charge < -0.3 is 19.5 Å². The van der Waals surface area contributed by atoms with Gasteiger partial charge in [0.1, 0.15) is 11.5 Å². The lowest BCUT2D eigenvalue weighted by Crippen LogP contribution is -2.50. The fraction of sp³-hybridized carbons (Fsp3) is 0.231. The van der Waals surface area contributed by atoms with Crippen LogP contribution >= 0.6 is 0 Å². The van der Waals surface area contributed by atoms with Crippen LogP contribution < -0.4 is 10.2 Å². The van der Waals surface area contributed by atoms with Crippen LogP contribution in [0.4, 0.5) is 5.69 Å². The van der Waals surface area contributed by atoms with E-state index in [1.165, 1.54) is 23.1 Å². The molecule has 0 aliphatic carbocycles. The molecule has 1 aromatic heterocycles. The first-order valence-corrected chi connectivity index (χ1v) is 10.7. The minimum atomic E-state index is -0.328. The average Bonchev–Trinajstić information content (AvgIpc) is 3.33. The number of hydrogen-bond acceptors (Lipinski definition) is 4. The summed E-state index contributed by atoms with van der Waals surface area (Å²) < 4.78 is 5.38. The van der Waals surface area contributed by atoms with Gasteiger partial charge in [-0.25, -0.2) is 0 Å². The Kier molecular flexibility index (Phi) is 6.40. The molecule has 6 nitrogen and oxygen atoms in total. The van der Waals surface area contributed by atoms with Crippen molar-refractivity contribution in [3.8, 4) is 0 Å². The Bertz CT molecular complexity index is 1110. The van der Waals surface area contributed by atoms with Crippen molar-refractivity contribution in [2.45, 2.75) is 13.8 Å². The molecule has 3 aromatic rings. The number of amides is 2. The third-order valence-electron chi connectivity index (χ3n) is 5.62. The standard InChI is InChI=1S/C26H27N3O3/c1-19-10-11-20(2)24(17-19)28-12-14-29(15-13-28)26(31)23(18-22-9-6-16-32-22)27-25(30)21-7-4-3-5-8-21/h3-11,16-18H,12-15H2,1-2H3,(H,27,30)/b23-18-. The zero-order valence-electron chi connectivity index (χ0n) is 18.4. The number of nitrogens with one attached hydrogen (secondary N) is 1. The molecule has 6 heteroatoms. The van der Waals surface area contributed by atoms with Gasteiger partial charge in [0.05, 0.1) is 6.26 Å². The molecule has 4 rings (SSSR count). The molecule has 164 valence electrons. The Morgan fingerprint density at radius 1 is 0.938 bits per heavy atom. The Morgan fingerprint density at radius 3 is 2.38 bits per heavy atom. The monoisotopic (exact) mass is 429 g/mol. The highest BCUT2D eigenvalue weighted by Gasteiger charge is 2.26. The topological polar surface area (TPSA) is 65.8 Å². The Labute approximate surface area is 188 Å². The maximum absolute atomic E-state index is 13.3. The van der Waals surface area contributed by atoms with E-state index < -0.39 is 0 Å². The lowest BCUT2D eigenvalue weighted by molar-refractivity contribution is -0.127. The number of carbonyl (C=O) groups is 2. The van der Waals surface area contributed by atoms with E-state index in [9.17, 15) is 9.59 Å². The van der Waals surface area contributed by atoms with E-state index in [-0.39, 0.29) is 17.5 Å². The van der Waals surface area contributed by atoms with Gasteiger partial charge in [-0.3, -0.25) is 9.59 Å². The first kappa shape index (κ1) is 21.4. The Balaban J connectivity index is 1.49. The van der Waals surface area contributed by atoms with Crippen molar-refractivity contribution >= 4 is 23.6 Å². The van der Waals surface area contributed by atoms with Gasteiger partial charge >= 0.3 is 0 Å². The molecule has 1 aliphatic rings. The second-order valence-electron chi connectivity index (χ2n) is 7.96. The van der Waals surface area contributed by atoms with Crippen molar-refractivity contribution < 1.29 is 14.0 Å². The van der Waals surface area contributed by atoms with Gasteiger partial charge in [-0.2, -0.15) is 0 Å². The molecule has 0 saturated carbocycles. The zero-order valence-corrected chi connectivity index (χ0v) is 18.4. The van der Waals surface area contributed by atoms with Crippen LogP contribution in [0.15, 0.2) is 77.0 Å².